The predicted octanol–water partition coefficient (Wildman–Crippen LogP) is 0.0112. The maximum Gasteiger partial charge on any atom is 0.222 e. The van der Waals surface area contributed by atoms with Gasteiger partial charge in [0.15, 0.2) is 17.2 Å². The van der Waals surface area contributed by atoms with E-state index < -0.39 is 0 Å². The Morgan fingerprint density at radius 2 is 2.33 bits per heavy atom. The molecule has 0 aliphatic heterocycles. The zero-order valence-corrected chi connectivity index (χ0v) is 11.4. The second-order valence-corrected chi connectivity index (χ2v) is 4.50. The second kappa shape index (κ2) is 5.27. The van der Waals surface area contributed by atoms with Crippen molar-refractivity contribution in [1.29, 1.82) is 0 Å². The standard InChI is InChI=1S/C12H13BN6O2/c13-11(20)15-3-4-19-6-16-9-8(7-2-1-5-21-7)17-12(14)18-10(9)19/h1-2,5-6H,3-4,13H2,(H,15,20)(H2,14,17,18). The molecule has 0 aromatic carbocycles. The number of hydrogen-bond acceptors (Lipinski definition) is 6. The van der Waals surface area contributed by atoms with Crippen molar-refractivity contribution >= 4 is 30.8 Å². The molecule has 3 aromatic rings. The maximum atomic E-state index is 10.9. The second-order valence-electron chi connectivity index (χ2n) is 4.50. The van der Waals surface area contributed by atoms with Crippen LogP contribution in [0.25, 0.3) is 22.6 Å². The van der Waals surface area contributed by atoms with E-state index in [0.717, 1.165) is 0 Å². The summed E-state index contributed by atoms with van der Waals surface area (Å²) in [5.41, 5.74) is 7.54. The van der Waals surface area contributed by atoms with Gasteiger partial charge < -0.3 is 20.0 Å². The van der Waals surface area contributed by atoms with Crippen LogP contribution in [-0.2, 0) is 6.54 Å². The summed E-state index contributed by atoms with van der Waals surface area (Å²) >= 11 is 0. The molecule has 0 unspecified atom stereocenters. The Morgan fingerprint density at radius 3 is 3.05 bits per heavy atom. The Kier molecular flexibility index (Phi) is 3.31. The molecule has 3 rings (SSSR count). The van der Waals surface area contributed by atoms with Gasteiger partial charge in [0.05, 0.1) is 12.6 Å². The molecular formula is C12H13BN6O2. The fraction of sp³-hybridized carbons (Fsp3) is 0.167. The lowest BCUT2D eigenvalue weighted by Gasteiger charge is -2.05. The molecule has 0 spiro atoms. The largest absolute Gasteiger partial charge is 0.463 e. The van der Waals surface area contributed by atoms with Crippen LogP contribution in [0.3, 0.4) is 0 Å². The van der Waals surface area contributed by atoms with Crippen LogP contribution in [0.5, 0.6) is 0 Å². The number of nitrogens with one attached hydrogen (secondary N) is 1. The highest BCUT2D eigenvalue weighted by Crippen LogP contribution is 2.25. The van der Waals surface area contributed by atoms with Crippen molar-refractivity contribution in [2.45, 2.75) is 6.54 Å². The van der Waals surface area contributed by atoms with E-state index in [9.17, 15) is 4.79 Å². The van der Waals surface area contributed by atoms with Crippen molar-refractivity contribution in [1.82, 2.24) is 24.8 Å². The number of imidazole rings is 1. The molecule has 0 aliphatic rings. The first kappa shape index (κ1) is 13.2. The fourth-order valence-corrected chi connectivity index (χ4v) is 2.06. The van der Waals surface area contributed by atoms with E-state index in [0.29, 0.717) is 35.7 Å². The summed E-state index contributed by atoms with van der Waals surface area (Å²) in [6.45, 7) is 1.03. The highest BCUT2D eigenvalue weighted by molar-refractivity contribution is 6.57. The Hall–Kier alpha value is -2.84. The van der Waals surface area contributed by atoms with E-state index in [1.165, 1.54) is 7.85 Å². The maximum absolute atomic E-state index is 10.9. The van der Waals surface area contributed by atoms with Crippen LogP contribution in [0, 0.1) is 0 Å². The van der Waals surface area contributed by atoms with Gasteiger partial charge in [-0.2, -0.15) is 4.98 Å². The third kappa shape index (κ3) is 2.57. The number of carbonyl (C=O) groups is 1. The van der Waals surface area contributed by atoms with Gasteiger partial charge >= 0.3 is 0 Å². The fourth-order valence-electron chi connectivity index (χ4n) is 2.06. The number of rotatable bonds is 4. The molecule has 0 saturated carbocycles. The van der Waals surface area contributed by atoms with Gasteiger partial charge in [0.25, 0.3) is 0 Å². The molecule has 8 nitrogen and oxygen atoms in total. The molecule has 0 fully saturated rings. The van der Waals surface area contributed by atoms with Crippen LogP contribution in [0.15, 0.2) is 29.1 Å². The van der Waals surface area contributed by atoms with Gasteiger partial charge in [0, 0.05) is 13.1 Å². The first-order valence-corrected chi connectivity index (χ1v) is 6.42. The molecule has 1 amide bonds. The highest BCUT2D eigenvalue weighted by atomic mass is 16.3. The van der Waals surface area contributed by atoms with Gasteiger partial charge in [-0.15, -0.1) is 0 Å². The lowest BCUT2D eigenvalue weighted by molar-refractivity contribution is 0.259. The molecule has 3 aromatic heterocycles. The molecule has 0 saturated heterocycles. The summed E-state index contributed by atoms with van der Waals surface area (Å²) in [6, 6.07) is 3.56. The van der Waals surface area contributed by atoms with Gasteiger partial charge in [0.2, 0.25) is 13.8 Å². The Bertz CT molecular complexity index is 783. The number of nitrogens with zero attached hydrogens (tertiary/aromatic N) is 4. The van der Waals surface area contributed by atoms with Gasteiger partial charge in [-0.3, -0.25) is 4.79 Å². The number of anilines is 1. The van der Waals surface area contributed by atoms with Gasteiger partial charge in [0.1, 0.15) is 11.2 Å². The molecule has 21 heavy (non-hydrogen) atoms. The molecule has 106 valence electrons. The SMILES string of the molecule is BC(=O)NCCn1cnc2c(-c3ccco3)nc(N)nc21. The molecule has 0 aliphatic carbocycles. The molecule has 0 atom stereocenters. The van der Waals surface area contributed by atoms with E-state index in [1.807, 2.05) is 4.57 Å². The van der Waals surface area contributed by atoms with Crippen LogP contribution >= 0.6 is 0 Å². The highest BCUT2D eigenvalue weighted by Gasteiger charge is 2.15. The minimum Gasteiger partial charge on any atom is -0.463 e. The predicted molar refractivity (Wildman–Crippen MR) is 79.4 cm³/mol. The summed E-state index contributed by atoms with van der Waals surface area (Å²) in [5, 5.41) is 2.72. The van der Waals surface area contributed by atoms with Gasteiger partial charge in [-0.25, -0.2) is 9.97 Å². The van der Waals surface area contributed by atoms with Crippen LogP contribution < -0.4 is 11.1 Å². The molecule has 0 radical (unpaired) electrons. The first-order chi connectivity index (χ1) is 10.1. The number of furan rings is 1. The van der Waals surface area contributed by atoms with Crippen molar-refractivity contribution in [3.8, 4) is 11.5 Å². The van der Waals surface area contributed by atoms with E-state index in [-0.39, 0.29) is 11.8 Å². The van der Waals surface area contributed by atoms with Crippen LogP contribution in [-0.4, -0.2) is 39.7 Å². The average Bonchev–Trinajstić information content (AvgIpc) is 3.07. The topological polar surface area (TPSA) is 112 Å². The van der Waals surface area contributed by atoms with E-state index >= 15 is 0 Å². The van der Waals surface area contributed by atoms with Crippen molar-refractivity contribution in [3.05, 3.63) is 24.7 Å². The Labute approximate surface area is 120 Å². The number of aromatic nitrogens is 4. The number of nitrogens with two attached hydrogens (primary N) is 1. The first-order valence-electron chi connectivity index (χ1n) is 6.42. The van der Waals surface area contributed by atoms with Crippen molar-refractivity contribution in [2.24, 2.45) is 0 Å². The Balaban J connectivity index is 2.00. The number of nitrogen functional groups attached to an aromatic ring is 1. The van der Waals surface area contributed by atoms with Crippen molar-refractivity contribution in [2.75, 3.05) is 12.3 Å². The van der Waals surface area contributed by atoms with Crippen molar-refractivity contribution < 1.29 is 9.21 Å². The average molecular weight is 284 g/mol. The lowest BCUT2D eigenvalue weighted by Crippen LogP contribution is -2.25. The van der Waals surface area contributed by atoms with Crippen LogP contribution in [0.4, 0.5) is 10.7 Å². The van der Waals surface area contributed by atoms with Crippen molar-refractivity contribution in [3.63, 3.8) is 0 Å². The van der Waals surface area contributed by atoms with Crippen LogP contribution in [0.2, 0.25) is 0 Å². The number of amides is 1. The Morgan fingerprint density at radius 1 is 1.48 bits per heavy atom. The summed E-state index contributed by atoms with van der Waals surface area (Å²) in [7, 11) is 1.47. The summed E-state index contributed by atoms with van der Waals surface area (Å²) in [4.78, 5) is 23.6. The summed E-state index contributed by atoms with van der Waals surface area (Å²) in [5.74, 6) is 0.654. The minimum absolute atomic E-state index is 0.0789. The van der Waals surface area contributed by atoms with Gasteiger partial charge in [-0.05, 0) is 12.1 Å². The third-order valence-corrected chi connectivity index (χ3v) is 2.96. The molecular weight excluding hydrogens is 271 g/mol. The summed E-state index contributed by atoms with van der Waals surface area (Å²) in [6.07, 6.45) is 3.21. The van der Waals surface area contributed by atoms with E-state index in [2.05, 4.69) is 20.3 Å². The third-order valence-electron chi connectivity index (χ3n) is 2.96. The number of fused-ring (bicyclic) bond motifs is 1. The molecule has 3 N–H and O–H groups in total. The smallest absolute Gasteiger partial charge is 0.222 e. The quantitative estimate of drug-likeness (QED) is 0.653. The zero-order valence-electron chi connectivity index (χ0n) is 11.4. The molecule has 3 heterocycles. The molecule has 9 heteroatoms. The minimum atomic E-state index is -0.0789. The normalized spacial score (nSPS) is 10.9. The summed E-state index contributed by atoms with van der Waals surface area (Å²) < 4.78 is 7.17. The zero-order chi connectivity index (χ0) is 14.8. The number of carbonyl (C=O) groups excluding carboxylic acids is 1. The monoisotopic (exact) mass is 284 g/mol. The van der Waals surface area contributed by atoms with E-state index in [4.69, 9.17) is 10.2 Å². The van der Waals surface area contributed by atoms with Crippen LogP contribution in [0.1, 0.15) is 0 Å². The lowest BCUT2D eigenvalue weighted by atomic mass is 10.1. The van der Waals surface area contributed by atoms with Gasteiger partial charge in [-0.1, -0.05) is 0 Å². The van der Waals surface area contributed by atoms with E-state index in [1.54, 1.807) is 24.7 Å². The number of hydrogen-bond donors (Lipinski definition) is 2. The molecule has 0 bridgehead atoms.